The Hall–Kier alpha value is -3.48. The molecule has 2 saturated heterocycles. The molecule has 5 rings (SSSR count). The lowest BCUT2D eigenvalue weighted by molar-refractivity contribution is -0.140. The second-order valence-electron chi connectivity index (χ2n) is 11.7. The SMILES string of the molecule is COc1ccccc1C(Cn1c(=O)n(C(C)(C)C(=O)N2CCCCC2)c(=O)c2c(C)c(C(=O)O)sc21)OC1CCOCC1. The van der Waals surface area contributed by atoms with Gasteiger partial charge in [-0.1, -0.05) is 18.2 Å². The number of aromatic nitrogens is 2. The quantitative estimate of drug-likeness (QED) is 0.385. The monoisotopic (exact) mass is 613 g/mol. The number of carboxylic acids is 1. The van der Waals surface area contributed by atoms with Crippen LogP contribution in [0.15, 0.2) is 33.9 Å². The van der Waals surface area contributed by atoms with Gasteiger partial charge in [0.05, 0.1) is 25.1 Å². The third-order valence-electron chi connectivity index (χ3n) is 8.49. The molecule has 2 aliphatic rings. The van der Waals surface area contributed by atoms with E-state index in [9.17, 15) is 24.3 Å². The Labute approximate surface area is 253 Å². The van der Waals surface area contributed by atoms with Crippen LogP contribution >= 0.6 is 11.3 Å². The van der Waals surface area contributed by atoms with Crippen molar-refractivity contribution in [2.45, 2.75) is 77.2 Å². The van der Waals surface area contributed by atoms with Crippen LogP contribution in [0.4, 0.5) is 0 Å². The molecule has 1 N–H and O–H groups in total. The Kier molecular flexibility index (Phi) is 9.10. The van der Waals surface area contributed by atoms with Crippen molar-refractivity contribution in [3.63, 3.8) is 0 Å². The topological polar surface area (TPSA) is 129 Å². The number of benzene rings is 1. The van der Waals surface area contributed by atoms with E-state index in [0.717, 1.165) is 35.2 Å². The number of fused-ring (bicyclic) bond motifs is 1. The first-order valence-electron chi connectivity index (χ1n) is 14.7. The molecule has 0 bridgehead atoms. The van der Waals surface area contributed by atoms with E-state index in [-0.39, 0.29) is 39.2 Å². The lowest BCUT2D eigenvalue weighted by Crippen LogP contribution is -2.57. The second kappa shape index (κ2) is 12.6. The van der Waals surface area contributed by atoms with Crippen LogP contribution in [-0.4, -0.2) is 70.5 Å². The zero-order chi connectivity index (χ0) is 30.9. The normalized spacial score (nSPS) is 17.3. The number of likely N-dealkylation sites (tertiary alicyclic amines) is 1. The Morgan fingerprint density at radius 1 is 1.12 bits per heavy atom. The highest BCUT2D eigenvalue weighted by atomic mass is 32.1. The van der Waals surface area contributed by atoms with Crippen LogP contribution in [0, 0.1) is 6.92 Å². The number of nitrogens with zero attached hydrogens (tertiary/aromatic N) is 3. The number of piperidine rings is 1. The van der Waals surface area contributed by atoms with E-state index in [1.165, 1.54) is 4.57 Å². The van der Waals surface area contributed by atoms with Gasteiger partial charge >= 0.3 is 11.7 Å². The minimum absolute atomic E-state index is 0.0274. The zero-order valence-corrected chi connectivity index (χ0v) is 25.9. The van der Waals surface area contributed by atoms with Gasteiger partial charge in [-0.15, -0.1) is 11.3 Å². The third kappa shape index (κ3) is 5.87. The van der Waals surface area contributed by atoms with Crippen LogP contribution in [-0.2, 0) is 26.4 Å². The number of thiophene rings is 1. The number of amides is 1. The lowest BCUT2D eigenvalue weighted by Gasteiger charge is -2.35. The maximum absolute atomic E-state index is 14.4. The van der Waals surface area contributed by atoms with E-state index in [4.69, 9.17) is 14.2 Å². The van der Waals surface area contributed by atoms with Gasteiger partial charge in [0.25, 0.3) is 5.56 Å². The molecule has 4 heterocycles. The molecular formula is C31H39N3O8S. The van der Waals surface area contributed by atoms with Gasteiger partial charge in [0, 0.05) is 31.9 Å². The maximum Gasteiger partial charge on any atom is 0.346 e. The molecule has 232 valence electrons. The van der Waals surface area contributed by atoms with Crippen molar-refractivity contribution in [3.8, 4) is 5.75 Å². The molecule has 2 aromatic heterocycles. The summed E-state index contributed by atoms with van der Waals surface area (Å²) in [6.45, 7) is 6.93. The summed E-state index contributed by atoms with van der Waals surface area (Å²) >= 11 is 0.884. The summed E-state index contributed by atoms with van der Waals surface area (Å²) in [4.78, 5) is 56.5. The molecule has 2 fully saturated rings. The molecule has 1 atom stereocenters. The summed E-state index contributed by atoms with van der Waals surface area (Å²) in [5.41, 5.74) is -1.90. The highest BCUT2D eigenvalue weighted by molar-refractivity contribution is 7.20. The van der Waals surface area contributed by atoms with Crippen LogP contribution in [0.3, 0.4) is 0 Å². The van der Waals surface area contributed by atoms with Gasteiger partial charge in [-0.2, -0.15) is 0 Å². The van der Waals surface area contributed by atoms with E-state index in [1.54, 1.807) is 32.8 Å². The van der Waals surface area contributed by atoms with E-state index < -0.39 is 28.9 Å². The molecule has 3 aromatic rings. The van der Waals surface area contributed by atoms with Crippen molar-refractivity contribution in [2.75, 3.05) is 33.4 Å². The predicted octanol–water partition coefficient (Wildman–Crippen LogP) is 3.92. The van der Waals surface area contributed by atoms with E-state index in [2.05, 4.69) is 0 Å². The van der Waals surface area contributed by atoms with E-state index in [0.29, 0.717) is 50.5 Å². The molecule has 1 amide bonds. The summed E-state index contributed by atoms with van der Waals surface area (Å²) in [5.74, 6) is -0.929. The number of aryl methyl sites for hydroxylation is 1. The van der Waals surface area contributed by atoms with E-state index >= 15 is 0 Å². The molecule has 1 unspecified atom stereocenters. The van der Waals surface area contributed by atoms with Gasteiger partial charge in [-0.25, -0.2) is 14.2 Å². The first kappa shape index (κ1) is 31.0. The molecule has 0 saturated carbocycles. The van der Waals surface area contributed by atoms with Gasteiger partial charge in [0.2, 0.25) is 5.91 Å². The number of hydrogen-bond donors (Lipinski definition) is 1. The second-order valence-corrected chi connectivity index (χ2v) is 12.7. The Balaban J connectivity index is 1.71. The maximum atomic E-state index is 14.4. The average Bonchev–Trinajstić information content (AvgIpc) is 3.36. The fourth-order valence-corrected chi connectivity index (χ4v) is 7.28. The van der Waals surface area contributed by atoms with Crippen molar-refractivity contribution in [3.05, 3.63) is 61.1 Å². The van der Waals surface area contributed by atoms with Gasteiger partial charge in [-0.05, 0) is 64.5 Å². The zero-order valence-electron chi connectivity index (χ0n) is 25.1. The molecule has 2 aliphatic heterocycles. The fourth-order valence-electron chi connectivity index (χ4n) is 6.14. The van der Waals surface area contributed by atoms with Gasteiger partial charge in [0.1, 0.15) is 27.1 Å². The molecule has 0 radical (unpaired) electrons. The predicted molar refractivity (Wildman–Crippen MR) is 162 cm³/mol. The smallest absolute Gasteiger partial charge is 0.346 e. The minimum atomic E-state index is -1.51. The average molecular weight is 614 g/mol. The van der Waals surface area contributed by atoms with Crippen LogP contribution in [0.1, 0.15) is 72.9 Å². The molecule has 1 aromatic carbocycles. The summed E-state index contributed by atoms with van der Waals surface area (Å²) in [7, 11) is 1.56. The van der Waals surface area contributed by atoms with Crippen molar-refractivity contribution < 1.29 is 28.9 Å². The van der Waals surface area contributed by atoms with Crippen LogP contribution in [0.2, 0.25) is 0 Å². The number of ether oxygens (including phenoxy) is 3. The molecule has 43 heavy (non-hydrogen) atoms. The molecule has 11 nitrogen and oxygen atoms in total. The van der Waals surface area contributed by atoms with Crippen LogP contribution < -0.4 is 16.0 Å². The fraction of sp³-hybridized carbons (Fsp3) is 0.548. The Morgan fingerprint density at radius 2 is 1.79 bits per heavy atom. The number of carbonyl (C=O) groups excluding carboxylic acids is 1. The Bertz CT molecular complexity index is 1630. The summed E-state index contributed by atoms with van der Waals surface area (Å²) < 4.78 is 20.2. The molecule has 12 heteroatoms. The number of methoxy groups -OCH3 is 1. The summed E-state index contributed by atoms with van der Waals surface area (Å²) in [6, 6.07) is 7.38. The number of carboxylic acid groups (broad SMARTS) is 1. The summed E-state index contributed by atoms with van der Waals surface area (Å²) in [6.07, 6.45) is 3.26. The van der Waals surface area contributed by atoms with Gasteiger partial charge in [0.15, 0.2) is 0 Å². The van der Waals surface area contributed by atoms with Crippen molar-refractivity contribution in [1.29, 1.82) is 0 Å². The van der Waals surface area contributed by atoms with E-state index in [1.807, 2.05) is 24.3 Å². The summed E-state index contributed by atoms with van der Waals surface area (Å²) in [5, 5.41) is 10.1. The standard InChI is InChI=1S/C31H39N3O8S/c1-19-24-26(35)34(31(2,3)29(38)32-14-8-5-9-15-32)30(39)33(27(24)43-25(19)28(36)37)18-23(42-20-12-16-41-17-13-20)21-10-6-7-11-22(21)40-4/h6-7,10-11,20,23H,5,8-9,12-18H2,1-4H3,(H,36,37). The molecule has 0 aliphatic carbocycles. The third-order valence-corrected chi connectivity index (χ3v) is 9.79. The Morgan fingerprint density at radius 3 is 2.44 bits per heavy atom. The molecule has 0 spiro atoms. The number of aromatic carboxylic acids is 1. The largest absolute Gasteiger partial charge is 0.496 e. The van der Waals surface area contributed by atoms with Crippen molar-refractivity contribution in [1.82, 2.24) is 14.0 Å². The highest BCUT2D eigenvalue weighted by Gasteiger charge is 2.39. The number of para-hydroxylation sites is 1. The number of rotatable bonds is 9. The number of hydrogen-bond acceptors (Lipinski definition) is 8. The number of carbonyl (C=O) groups is 2. The van der Waals surface area contributed by atoms with Gasteiger partial charge < -0.3 is 24.2 Å². The van der Waals surface area contributed by atoms with Crippen molar-refractivity contribution in [2.24, 2.45) is 0 Å². The lowest BCUT2D eigenvalue weighted by atomic mass is 10.00. The van der Waals surface area contributed by atoms with Gasteiger partial charge in [-0.3, -0.25) is 14.2 Å². The highest BCUT2D eigenvalue weighted by Crippen LogP contribution is 2.34. The molecular weight excluding hydrogens is 574 g/mol. The van der Waals surface area contributed by atoms with Crippen LogP contribution in [0.5, 0.6) is 5.75 Å². The first-order chi connectivity index (χ1) is 20.6. The van der Waals surface area contributed by atoms with Crippen molar-refractivity contribution >= 4 is 33.4 Å². The first-order valence-corrected chi connectivity index (χ1v) is 15.6. The minimum Gasteiger partial charge on any atom is -0.496 e. The van der Waals surface area contributed by atoms with Crippen LogP contribution in [0.25, 0.3) is 10.2 Å².